The maximum absolute atomic E-state index is 4.03. The maximum atomic E-state index is 4.03. The molecule has 0 N–H and O–H groups in total. The zero-order valence-electron chi connectivity index (χ0n) is 11.6. The van der Waals surface area contributed by atoms with Crippen LogP contribution in [0, 0.1) is 6.92 Å². The van der Waals surface area contributed by atoms with Crippen LogP contribution in [0.2, 0.25) is 0 Å². The minimum absolute atomic E-state index is 0.861. The summed E-state index contributed by atoms with van der Waals surface area (Å²) in [5.41, 5.74) is 5.67. The number of hydrogen-bond acceptors (Lipinski definition) is 2. The summed E-state index contributed by atoms with van der Waals surface area (Å²) in [7, 11) is 0. The summed E-state index contributed by atoms with van der Waals surface area (Å²) in [6, 6.07) is 14.6. The number of hydrogen-bond donors (Lipinski definition) is 0. The number of aryl methyl sites for hydroxylation is 1. The Labute approximate surface area is 122 Å². The van der Waals surface area contributed by atoms with Gasteiger partial charge in [-0.1, -0.05) is 6.07 Å². The Hall–Kier alpha value is -2.88. The fourth-order valence-corrected chi connectivity index (χ4v) is 2.63. The van der Waals surface area contributed by atoms with Crippen molar-refractivity contribution in [2.45, 2.75) is 6.92 Å². The topological polar surface area (TPSA) is 35.1 Å². The summed E-state index contributed by atoms with van der Waals surface area (Å²) >= 11 is 0. The van der Waals surface area contributed by atoms with Crippen molar-refractivity contribution in [3.8, 4) is 16.8 Å². The van der Waals surface area contributed by atoms with Gasteiger partial charge in [0.1, 0.15) is 6.33 Å². The fraction of sp³-hybridized carbons (Fsp3) is 0.0588. The van der Waals surface area contributed by atoms with Gasteiger partial charge in [-0.25, -0.2) is 0 Å². The molecule has 3 aromatic heterocycles. The smallest absolute Gasteiger partial charge is 0.160 e. The second-order valence-electron chi connectivity index (χ2n) is 5.10. The van der Waals surface area contributed by atoms with Crippen LogP contribution in [0.25, 0.3) is 22.5 Å². The van der Waals surface area contributed by atoms with Crippen molar-refractivity contribution in [3.05, 3.63) is 72.9 Å². The van der Waals surface area contributed by atoms with E-state index in [2.05, 4.69) is 64.5 Å². The van der Waals surface area contributed by atoms with Gasteiger partial charge in [-0.05, 0) is 60.0 Å². The molecule has 0 bridgehead atoms. The average molecular weight is 274 g/mol. The Morgan fingerprint density at radius 1 is 1.00 bits per heavy atom. The van der Waals surface area contributed by atoms with Crippen molar-refractivity contribution in [1.29, 1.82) is 0 Å². The van der Waals surface area contributed by atoms with Crippen molar-refractivity contribution in [2.24, 2.45) is 0 Å². The van der Waals surface area contributed by atoms with E-state index in [4.69, 9.17) is 0 Å². The monoisotopic (exact) mass is 274 g/mol. The first-order chi connectivity index (χ1) is 10.3. The van der Waals surface area contributed by atoms with E-state index in [1.54, 1.807) is 6.33 Å². The fourth-order valence-electron chi connectivity index (χ4n) is 2.63. The van der Waals surface area contributed by atoms with Crippen molar-refractivity contribution in [1.82, 2.24) is 19.2 Å². The summed E-state index contributed by atoms with van der Waals surface area (Å²) < 4.78 is 4.05. The van der Waals surface area contributed by atoms with E-state index in [9.17, 15) is 0 Å². The van der Waals surface area contributed by atoms with Gasteiger partial charge >= 0.3 is 0 Å². The summed E-state index contributed by atoms with van der Waals surface area (Å²) in [5, 5.41) is 7.95. The molecule has 0 saturated heterocycles. The van der Waals surface area contributed by atoms with Crippen LogP contribution in [0.4, 0.5) is 0 Å². The van der Waals surface area contributed by atoms with Crippen molar-refractivity contribution in [2.75, 3.05) is 0 Å². The lowest BCUT2D eigenvalue weighted by Gasteiger charge is -2.10. The van der Waals surface area contributed by atoms with Crippen LogP contribution in [0.15, 0.2) is 67.4 Å². The van der Waals surface area contributed by atoms with Crippen LogP contribution < -0.4 is 0 Å². The molecule has 0 aliphatic rings. The molecule has 21 heavy (non-hydrogen) atoms. The highest BCUT2D eigenvalue weighted by Gasteiger charge is 2.05. The molecule has 102 valence electrons. The molecule has 4 nitrogen and oxygen atoms in total. The summed E-state index contributed by atoms with van der Waals surface area (Å²) in [5.74, 6) is 0. The zero-order chi connectivity index (χ0) is 14.2. The number of nitrogens with zero attached hydrogens (tertiary/aromatic N) is 4. The Kier molecular flexibility index (Phi) is 2.60. The molecule has 0 radical (unpaired) electrons. The van der Waals surface area contributed by atoms with E-state index in [1.807, 2.05) is 22.6 Å². The molecule has 0 amide bonds. The average Bonchev–Trinajstić information content (AvgIpc) is 3.18. The van der Waals surface area contributed by atoms with Crippen LogP contribution in [-0.2, 0) is 0 Å². The third kappa shape index (κ3) is 2.01. The Morgan fingerprint density at radius 2 is 1.86 bits per heavy atom. The van der Waals surface area contributed by atoms with Crippen LogP contribution in [0.1, 0.15) is 5.56 Å². The molecular weight excluding hydrogens is 260 g/mol. The number of rotatable bonds is 2. The summed E-state index contributed by atoms with van der Waals surface area (Å²) in [4.78, 5) is 0. The van der Waals surface area contributed by atoms with Crippen LogP contribution >= 0.6 is 0 Å². The van der Waals surface area contributed by atoms with E-state index < -0.39 is 0 Å². The predicted octanol–water partition coefficient (Wildman–Crippen LogP) is 3.50. The number of fused-ring (bicyclic) bond motifs is 1. The molecule has 0 unspecified atom stereocenters. The lowest BCUT2D eigenvalue weighted by molar-refractivity contribution is 1.08. The Bertz CT molecular complexity index is 904. The van der Waals surface area contributed by atoms with Gasteiger partial charge in [-0.3, -0.25) is 4.40 Å². The first-order valence-corrected chi connectivity index (χ1v) is 6.85. The first kappa shape index (κ1) is 11.9. The molecule has 0 spiro atoms. The SMILES string of the molecule is Cc1cc(-n2cccc2)ccc1-c1ccc2nncn2c1. The molecular formula is C17H14N4. The molecule has 0 fully saturated rings. The first-order valence-electron chi connectivity index (χ1n) is 6.85. The number of pyridine rings is 1. The van der Waals surface area contributed by atoms with Gasteiger partial charge in [-0.15, -0.1) is 10.2 Å². The maximum Gasteiger partial charge on any atom is 0.160 e. The van der Waals surface area contributed by atoms with Gasteiger partial charge in [0.15, 0.2) is 5.65 Å². The van der Waals surface area contributed by atoms with Gasteiger partial charge in [0, 0.05) is 24.3 Å². The Morgan fingerprint density at radius 3 is 2.67 bits per heavy atom. The number of benzene rings is 1. The normalized spacial score (nSPS) is 11.1. The molecule has 4 heteroatoms. The highest BCUT2D eigenvalue weighted by atomic mass is 15.2. The van der Waals surface area contributed by atoms with Gasteiger partial charge in [-0.2, -0.15) is 0 Å². The van der Waals surface area contributed by atoms with Crippen molar-refractivity contribution in [3.63, 3.8) is 0 Å². The van der Waals surface area contributed by atoms with Gasteiger partial charge in [0.2, 0.25) is 0 Å². The van der Waals surface area contributed by atoms with E-state index in [-0.39, 0.29) is 0 Å². The second-order valence-corrected chi connectivity index (χ2v) is 5.10. The molecule has 3 heterocycles. The predicted molar refractivity (Wildman–Crippen MR) is 82.5 cm³/mol. The van der Waals surface area contributed by atoms with E-state index in [0.29, 0.717) is 0 Å². The van der Waals surface area contributed by atoms with E-state index in [0.717, 1.165) is 5.65 Å². The van der Waals surface area contributed by atoms with Gasteiger partial charge in [0.25, 0.3) is 0 Å². The van der Waals surface area contributed by atoms with Gasteiger partial charge in [0.05, 0.1) is 0 Å². The highest BCUT2D eigenvalue weighted by molar-refractivity contribution is 5.69. The van der Waals surface area contributed by atoms with Crippen molar-refractivity contribution >= 4 is 5.65 Å². The third-order valence-electron chi connectivity index (χ3n) is 3.71. The van der Waals surface area contributed by atoms with E-state index in [1.165, 1.54) is 22.4 Å². The minimum Gasteiger partial charge on any atom is -0.324 e. The highest BCUT2D eigenvalue weighted by Crippen LogP contribution is 2.25. The molecule has 4 rings (SSSR count). The van der Waals surface area contributed by atoms with Crippen LogP contribution in [0.5, 0.6) is 0 Å². The molecule has 0 atom stereocenters. The lowest BCUT2D eigenvalue weighted by Crippen LogP contribution is -1.93. The Balaban J connectivity index is 1.81. The summed E-state index contributed by atoms with van der Waals surface area (Å²) in [6.45, 7) is 2.14. The lowest BCUT2D eigenvalue weighted by atomic mass is 10.0. The van der Waals surface area contributed by atoms with Crippen LogP contribution in [-0.4, -0.2) is 19.2 Å². The second kappa shape index (κ2) is 4.59. The van der Waals surface area contributed by atoms with Crippen LogP contribution in [0.3, 0.4) is 0 Å². The molecule has 4 aromatic rings. The number of aromatic nitrogens is 4. The molecule has 0 aliphatic carbocycles. The molecule has 0 aliphatic heterocycles. The summed E-state index contributed by atoms with van der Waals surface area (Å²) in [6.07, 6.45) is 7.89. The molecule has 1 aromatic carbocycles. The largest absolute Gasteiger partial charge is 0.324 e. The van der Waals surface area contributed by atoms with Gasteiger partial charge < -0.3 is 4.57 Å². The minimum atomic E-state index is 0.861. The third-order valence-corrected chi connectivity index (χ3v) is 3.71. The van der Waals surface area contributed by atoms with Crippen molar-refractivity contribution < 1.29 is 0 Å². The molecule has 0 saturated carbocycles. The quantitative estimate of drug-likeness (QED) is 0.561. The van der Waals surface area contributed by atoms with E-state index >= 15 is 0 Å². The standard InChI is InChI=1S/C17H14N4/c1-13-10-15(20-8-2-3-9-20)5-6-16(13)14-4-7-17-19-18-12-21(17)11-14/h2-12H,1H3. The zero-order valence-corrected chi connectivity index (χ0v) is 11.6.